The van der Waals surface area contributed by atoms with Gasteiger partial charge in [-0.15, -0.1) is 0 Å². The molecule has 0 unspecified atom stereocenters. The Morgan fingerprint density at radius 3 is 2.29 bits per heavy atom. The highest BCUT2D eigenvalue weighted by molar-refractivity contribution is 7.89. The number of carbonyl (C=O) groups excluding carboxylic acids is 1. The van der Waals surface area contributed by atoms with Crippen LogP contribution in [0.2, 0.25) is 0 Å². The molecule has 1 amide bonds. The largest absolute Gasteiger partial charge is 0.493 e. The summed E-state index contributed by atoms with van der Waals surface area (Å²) in [6, 6.07) is 9.78. The van der Waals surface area contributed by atoms with E-state index >= 15 is 0 Å². The Balaban J connectivity index is 2.02. The molecule has 2 rings (SSSR count). The lowest BCUT2D eigenvalue weighted by Crippen LogP contribution is -2.34. The SMILES string of the molecule is CCN(C(=O)CCNS(=O)(=O)c1ccc(OC)c(OC)c1)c1ccc(F)cc1. The smallest absolute Gasteiger partial charge is 0.240 e. The van der Waals surface area contributed by atoms with Crippen LogP contribution in [-0.2, 0) is 14.8 Å². The van der Waals surface area contributed by atoms with E-state index in [1.54, 1.807) is 6.92 Å². The van der Waals surface area contributed by atoms with Crippen LogP contribution >= 0.6 is 0 Å². The summed E-state index contributed by atoms with van der Waals surface area (Å²) in [5.74, 6) is 0.0310. The Morgan fingerprint density at radius 2 is 1.71 bits per heavy atom. The van der Waals surface area contributed by atoms with Gasteiger partial charge in [0.25, 0.3) is 0 Å². The van der Waals surface area contributed by atoms with Crippen molar-refractivity contribution < 1.29 is 27.1 Å². The molecule has 2 aromatic rings. The molecule has 0 saturated heterocycles. The van der Waals surface area contributed by atoms with Gasteiger partial charge in [-0.2, -0.15) is 0 Å². The zero-order chi connectivity index (χ0) is 20.7. The van der Waals surface area contributed by atoms with Crippen molar-refractivity contribution in [2.24, 2.45) is 0 Å². The van der Waals surface area contributed by atoms with E-state index in [4.69, 9.17) is 9.47 Å². The van der Waals surface area contributed by atoms with Crippen molar-refractivity contribution in [1.82, 2.24) is 4.72 Å². The van der Waals surface area contributed by atoms with Crippen molar-refractivity contribution in [2.45, 2.75) is 18.2 Å². The normalized spacial score (nSPS) is 11.1. The number of ether oxygens (including phenoxy) is 2. The Kier molecular flexibility index (Phi) is 7.36. The maximum atomic E-state index is 13.1. The fourth-order valence-corrected chi connectivity index (χ4v) is 3.67. The van der Waals surface area contributed by atoms with E-state index in [1.807, 2.05) is 0 Å². The summed E-state index contributed by atoms with van der Waals surface area (Å²) >= 11 is 0. The van der Waals surface area contributed by atoms with Crippen LogP contribution in [0.4, 0.5) is 10.1 Å². The molecule has 9 heteroatoms. The van der Waals surface area contributed by atoms with E-state index in [0.29, 0.717) is 18.0 Å². The topological polar surface area (TPSA) is 84.9 Å². The number of hydrogen-bond donors (Lipinski definition) is 1. The van der Waals surface area contributed by atoms with Gasteiger partial charge in [-0.1, -0.05) is 0 Å². The molecule has 1 N–H and O–H groups in total. The third-order valence-electron chi connectivity index (χ3n) is 4.05. The molecule has 152 valence electrons. The average Bonchev–Trinajstić information content (AvgIpc) is 2.69. The number of halogens is 1. The minimum atomic E-state index is -3.82. The number of nitrogens with one attached hydrogen (secondary N) is 1. The second-order valence-electron chi connectivity index (χ2n) is 5.78. The highest BCUT2D eigenvalue weighted by Gasteiger charge is 2.19. The van der Waals surface area contributed by atoms with Crippen molar-refractivity contribution in [3.05, 3.63) is 48.3 Å². The van der Waals surface area contributed by atoms with Gasteiger partial charge >= 0.3 is 0 Å². The van der Waals surface area contributed by atoms with Crippen molar-refractivity contribution in [1.29, 1.82) is 0 Å². The third-order valence-corrected chi connectivity index (χ3v) is 5.51. The lowest BCUT2D eigenvalue weighted by Gasteiger charge is -2.21. The zero-order valence-corrected chi connectivity index (χ0v) is 16.8. The first kappa shape index (κ1) is 21.6. The molecule has 0 heterocycles. The molecule has 0 fully saturated rings. The van der Waals surface area contributed by atoms with Gasteiger partial charge < -0.3 is 14.4 Å². The standard InChI is InChI=1S/C19H23FN2O5S/c1-4-22(15-7-5-14(20)6-8-15)19(23)11-12-21-28(24,25)16-9-10-17(26-2)18(13-16)27-3/h5-10,13,21H,4,11-12H2,1-3H3. The Bertz CT molecular complexity index is 916. The predicted octanol–water partition coefficient (Wildman–Crippen LogP) is 2.56. The fourth-order valence-electron chi connectivity index (χ4n) is 2.62. The van der Waals surface area contributed by atoms with Gasteiger partial charge in [-0.05, 0) is 43.3 Å². The molecule has 0 aromatic heterocycles. The zero-order valence-electron chi connectivity index (χ0n) is 15.9. The summed E-state index contributed by atoms with van der Waals surface area (Å²) in [6.07, 6.45) is -0.0439. The molecule has 0 bridgehead atoms. The minimum Gasteiger partial charge on any atom is -0.493 e. The summed E-state index contributed by atoms with van der Waals surface area (Å²) in [6.45, 7) is 2.09. The van der Waals surface area contributed by atoms with Crippen LogP contribution in [0.25, 0.3) is 0 Å². The van der Waals surface area contributed by atoms with Crippen molar-refractivity contribution in [3.8, 4) is 11.5 Å². The van der Waals surface area contributed by atoms with E-state index in [0.717, 1.165) is 0 Å². The highest BCUT2D eigenvalue weighted by atomic mass is 32.2. The lowest BCUT2D eigenvalue weighted by molar-refractivity contribution is -0.118. The molecule has 0 atom stereocenters. The van der Waals surface area contributed by atoms with Crippen LogP contribution in [0, 0.1) is 5.82 Å². The van der Waals surface area contributed by atoms with E-state index in [2.05, 4.69) is 4.72 Å². The number of hydrogen-bond acceptors (Lipinski definition) is 5. The number of nitrogens with zero attached hydrogens (tertiary/aromatic N) is 1. The predicted molar refractivity (Wildman–Crippen MR) is 104 cm³/mol. The molecule has 0 saturated carbocycles. The molecule has 0 aliphatic carbocycles. The first-order valence-corrected chi connectivity index (χ1v) is 10.1. The van der Waals surface area contributed by atoms with Gasteiger partial charge in [0.1, 0.15) is 5.82 Å². The van der Waals surface area contributed by atoms with Crippen LogP contribution in [0.1, 0.15) is 13.3 Å². The Hall–Kier alpha value is -2.65. The van der Waals surface area contributed by atoms with Crippen molar-refractivity contribution in [2.75, 3.05) is 32.2 Å². The molecule has 0 aliphatic rings. The molecule has 7 nitrogen and oxygen atoms in total. The van der Waals surface area contributed by atoms with Gasteiger partial charge in [-0.25, -0.2) is 17.5 Å². The van der Waals surface area contributed by atoms with Gasteiger partial charge in [0.05, 0.1) is 19.1 Å². The van der Waals surface area contributed by atoms with E-state index in [9.17, 15) is 17.6 Å². The molecular weight excluding hydrogens is 387 g/mol. The van der Waals surface area contributed by atoms with Crippen LogP contribution in [0.3, 0.4) is 0 Å². The average molecular weight is 410 g/mol. The summed E-state index contributed by atoms with van der Waals surface area (Å²) in [5.41, 5.74) is 0.552. The molecule has 0 radical (unpaired) electrons. The van der Waals surface area contributed by atoms with Crippen LogP contribution < -0.4 is 19.1 Å². The van der Waals surface area contributed by atoms with E-state index < -0.39 is 15.8 Å². The third kappa shape index (κ3) is 5.20. The minimum absolute atomic E-state index is 0.00322. The second kappa shape index (κ2) is 9.52. The Labute approximate surface area is 164 Å². The quantitative estimate of drug-likeness (QED) is 0.687. The van der Waals surface area contributed by atoms with Crippen molar-refractivity contribution in [3.63, 3.8) is 0 Å². The number of carbonyl (C=O) groups is 1. The highest BCUT2D eigenvalue weighted by Crippen LogP contribution is 2.29. The van der Waals surface area contributed by atoms with E-state index in [1.165, 1.54) is 61.6 Å². The summed E-state index contributed by atoms with van der Waals surface area (Å²) in [7, 11) is -0.955. The monoisotopic (exact) mass is 410 g/mol. The lowest BCUT2D eigenvalue weighted by atomic mass is 10.2. The molecule has 0 aliphatic heterocycles. The molecule has 28 heavy (non-hydrogen) atoms. The summed E-state index contributed by atoms with van der Waals surface area (Å²) in [5, 5.41) is 0. The van der Waals surface area contributed by atoms with Crippen LogP contribution in [-0.4, -0.2) is 41.6 Å². The van der Waals surface area contributed by atoms with Crippen LogP contribution in [0.15, 0.2) is 47.4 Å². The van der Waals surface area contributed by atoms with Gasteiger partial charge in [0, 0.05) is 31.3 Å². The number of anilines is 1. The number of rotatable bonds is 9. The van der Waals surface area contributed by atoms with Crippen LogP contribution in [0.5, 0.6) is 11.5 Å². The van der Waals surface area contributed by atoms with Crippen molar-refractivity contribution >= 4 is 21.6 Å². The number of methoxy groups -OCH3 is 2. The maximum absolute atomic E-state index is 13.1. The molecule has 2 aromatic carbocycles. The molecular formula is C19H23FN2O5S. The molecule has 0 spiro atoms. The number of amides is 1. The van der Waals surface area contributed by atoms with Gasteiger partial charge in [-0.3, -0.25) is 4.79 Å². The second-order valence-corrected chi connectivity index (χ2v) is 7.55. The Morgan fingerprint density at radius 1 is 1.07 bits per heavy atom. The maximum Gasteiger partial charge on any atom is 0.240 e. The number of sulfonamides is 1. The summed E-state index contributed by atoms with van der Waals surface area (Å²) < 4.78 is 50.6. The number of benzene rings is 2. The van der Waals surface area contributed by atoms with E-state index in [-0.39, 0.29) is 29.5 Å². The first-order chi connectivity index (χ1) is 13.3. The first-order valence-electron chi connectivity index (χ1n) is 8.60. The fraction of sp³-hybridized carbons (Fsp3) is 0.316. The van der Waals surface area contributed by atoms with Gasteiger partial charge in [0.15, 0.2) is 11.5 Å². The van der Waals surface area contributed by atoms with Gasteiger partial charge in [0.2, 0.25) is 15.9 Å². The summed E-state index contributed by atoms with van der Waals surface area (Å²) in [4.78, 5) is 13.9.